The van der Waals surface area contributed by atoms with E-state index in [4.69, 9.17) is 9.47 Å². The summed E-state index contributed by atoms with van der Waals surface area (Å²) < 4.78 is 9.96. The minimum Gasteiger partial charge on any atom is -0.351 e. The van der Waals surface area contributed by atoms with Crippen LogP contribution < -0.4 is 0 Å². The molecule has 0 aliphatic heterocycles. The molecule has 0 amide bonds. The van der Waals surface area contributed by atoms with Crippen LogP contribution in [0, 0.1) is 10.1 Å². The molecule has 6 heteroatoms. The fourth-order valence-electron chi connectivity index (χ4n) is 0.638. The van der Waals surface area contributed by atoms with Gasteiger partial charge in [0, 0.05) is 13.2 Å². The Hall–Kier alpha value is -0.880. The van der Waals surface area contributed by atoms with Gasteiger partial charge in [0.2, 0.25) is 0 Å². The highest BCUT2D eigenvalue weighted by molar-refractivity contribution is 4.37. The molecule has 0 bridgehead atoms. The molecular weight excluding hydrogens is 166 g/mol. The van der Waals surface area contributed by atoms with Crippen molar-refractivity contribution in [3.05, 3.63) is 10.1 Å². The number of hydrogen-bond acceptors (Lipinski definition) is 5. The SMILES string of the molecule is CCOC(CO[N+](=O)[O-])OCC. The summed E-state index contributed by atoms with van der Waals surface area (Å²) in [7, 11) is 0. The Morgan fingerprint density at radius 2 is 1.83 bits per heavy atom. The van der Waals surface area contributed by atoms with Crippen molar-refractivity contribution < 1.29 is 19.4 Å². The highest BCUT2D eigenvalue weighted by Crippen LogP contribution is 1.95. The van der Waals surface area contributed by atoms with E-state index in [2.05, 4.69) is 4.84 Å². The first-order valence-corrected chi connectivity index (χ1v) is 3.71. The van der Waals surface area contributed by atoms with Crippen LogP contribution in [0.1, 0.15) is 13.8 Å². The normalized spacial score (nSPS) is 10.2. The topological polar surface area (TPSA) is 70.8 Å². The molecule has 0 spiro atoms. The first-order valence-electron chi connectivity index (χ1n) is 3.71. The average Bonchev–Trinajstić information content (AvgIpc) is 2.01. The van der Waals surface area contributed by atoms with Crippen LogP contribution in [0.3, 0.4) is 0 Å². The Morgan fingerprint density at radius 1 is 1.33 bits per heavy atom. The minimum atomic E-state index is -0.870. The fourth-order valence-corrected chi connectivity index (χ4v) is 0.638. The Balaban J connectivity index is 3.54. The van der Waals surface area contributed by atoms with E-state index < -0.39 is 11.4 Å². The predicted octanol–water partition coefficient (Wildman–Crippen LogP) is 0.594. The van der Waals surface area contributed by atoms with E-state index in [1.165, 1.54) is 0 Å². The minimum absolute atomic E-state index is 0.186. The third kappa shape index (κ3) is 5.87. The van der Waals surface area contributed by atoms with Gasteiger partial charge in [0.25, 0.3) is 5.09 Å². The van der Waals surface area contributed by atoms with Crippen LogP contribution in [0.25, 0.3) is 0 Å². The second kappa shape index (κ2) is 6.81. The van der Waals surface area contributed by atoms with Crippen LogP contribution in [0.2, 0.25) is 0 Å². The van der Waals surface area contributed by atoms with Crippen LogP contribution >= 0.6 is 0 Å². The monoisotopic (exact) mass is 179 g/mol. The van der Waals surface area contributed by atoms with Crippen molar-refractivity contribution in [2.75, 3.05) is 19.8 Å². The summed E-state index contributed by atoms with van der Waals surface area (Å²) in [6.07, 6.45) is -0.648. The number of nitrogens with zero attached hydrogens (tertiary/aromatic N) is 1. The van der Waals surface area contributed by atoms with Crippen molar-refractivity contribution in [1.29, 1.82) is 0 Å². The largest absolute Gasteiger partial charge is 0.351 e. The van der Waals surface area contributed by atoms with Gasteiger partial charge in [0.15, 0.2) is 6.29 Å². The van der Waals surface area contributed by atoms with Gasteiger partial charge >= 0.3 is 0 Å². The van der Waals surface area contributed by atoms with Crippen molar-refractivity contribution in [3.8, 4) is 0 Å². The Kier molecular flexibility index (Phi) is 6.31. The zero-order valence-electron chi connectivity index (χ0n) is 7.19. The first-order chi connectivity index (χ1) is 5.70. The van der Waals surface area contributed by atoms with Crippen LogP contribution in [-0.4, -0.2) is 31.2 Å². The molecule has 12 heavy (non-hydrogen) atoms. The molecule has 0 rings (SSSR count). The molecule has 72 valence electrons. The van der Waals surface area contributed by atoms with Crippen molar-refractivity contribution in [1.82, 2.24) is 0 Å². The van der Waals surface area contributed by atoms with Crippen LogP contribution in [0.5, 0.6) is 0 Å². The second-order valence-corrected chi connectivity index (χ2v) is 1.86. The van der Waals surface area contributed by atoms with Crippen molar-refractivity contribution in [3.63, 3.8) is 0 Å². The van der Waals surface area contributed by atoms with Gasteiger partial charge in [-0.1, -0.05) is 0 Å². The number of ether oxygens (including phenoxy) is 2. The quantitative estimate of drug-likeness (QED) is 0.325. The summed E-state index contributed by atoms with van der Waals surface area (Å²) in [6.45, 7) is 4.24. The van der Waals surface area contributed by atoms with Crippen LogP contribution in [0.4, 0.5) is 0 Å². The predicted molar refractivity (Wildman–Crippen MR) is 40.0 cm³/mol. The third-order valence-corrected chi connectivity index (χ3v) is 1.02. The lowest BCUT2D eigenvalue weighted by molar-refractivity contribution is -0.761. The molecule has 0 aliphatic rings. The molecule has 6 nitrogen and oxygen atoms in total. The molecule has 0 unspecified atom stereocenters. The van der Waals surface area contributed by atoms with Crippen LogP contribution in [-0.2, 0) is 14.3 Å². The molecule has 0 saturated carbocycles. The fraction of sp³-hybridized carbons (Fsp3) is 1.00. The van der Waals surface area contributed by atoms with Gasteiger partial charge in [-0.2, -0.15) is 0 Å². The number of rotatable bonds is 7. The summed E-state index contributed by atoms with van der Waals surface area (Å²) in [6, 6.07) is 0. The molecule has 0 atom stereocenters. The van der Waals surface area contributed by atoms with Gasteiger partial charge in [-0.3, -0.25) is 0 Å². The highest BCUT2D eigenvalue weighted by atomic mass is 17.0. The lowest BCUT2D eigenvalue weighted by Crippen LogP contribution is -2.24. The Labute approximate surface area is 70.5 Å². The number of hydrogen-bond donors (Lipinski definition) is 0. The maximum atomic E-state index is 9.78. The Bertz CT molecular complexity index is 123. The molecule has 0 heterocycles. The van der Waals surface area contributed by atoms with Gasteiger partial charge in [0.05, 0.1) is 0 Å². The van der Waals surface area contributed by atoms with Gasteiger partial charge in [-0.15, -0.1) is 10.1 Å². The van der Waals surface area contributed by atoms with E-state index in [-0.39, 0.29) is 6.61 Å². The second-order valence-electron chi connectivity index (χ2n) is 1.86. The average molecular weight is 179 g/mol. The lowest BCUT2D eigenvalue weighted by Gasteiger charge is -2.14. The smallest absolute Gasteiger partial charge is 0.294 e. The molecule has 0 N–H and O–H groups in total. The summed E-state index contributed by atoms with van der Waals surface area (Å²) in [5.41, 5.74) is 0. The highest BCUT2D eigenvalue weighted by Gasteiger charge is 2.09. The van der Waals surface area contributed by atoms with E-state index in [0.29, 0.717) is 13.2 Å². The van der Waals surface area contributed by atoms with E-state index in [9.17, 15) is 10.1 Å². The summed E-state index contributed by atoms with van der Waals surface area (Å²) >= 11 is 0. The van der Waals surface area contributed by atoms with Crippen molar-refractivity contribution >= 4 is 0 Å². The standard InChI is InChI=1S/C6H13NO5/c1-3-10-6(11-4-2)5-12-7(8)9/h6H,3-5H2,1-2H3. The summed E-state index contributed by atoms with van der Waals surface area (Å²) in [5, 5.41) is 8.91. The maximum absolute atomic E-state index is 9.78. The molecule has 0 radical (unpaired) electrons. The zero-order chi connectivity index (χ0) is 9.40. The molecule has 0 aromatic rings. The van der Waals surface area contributed by atoms with Crippen LogP contribution in [0.15, 0.2) is 0 Å². The van der Waals surface area contributed by atoms with Gasteiger partial charge in [-0.05, 0) is 13.8 Å². The van der Waals surface area contributed by atoms with Gasteiger partial charge in [-0.25, -0.2) is 0 Å². The van der Waals surface area contributed by atoms with Crippen molar-refractivity contribution in [2.45, 2.75) is 20.1 Å². The van der Waals surface area contributed by atoms with E-state index in [1.54, 1.807) is 13.8 Å². The molecule has 0 aromatic heterocycles. The molecule has 0 fully saturated rings. The molecular formula is C6H13NO5. The van der Waals surface area contributed by atoms with E-state index in [1.807, 2.05) is 0 Å². The maximum Gasteiger partial charge on any atom is 0.294 e. The first kappa shape index (κ1) is 11.1. The third-order valence-electron chi connectivity index (χ3n) is 1.02. The van der Waals surface area contributed by atoms with Crippen molar-refractivity contribution in [2.24, 2.45) is 0 Å². The molecule has 0 aliphatic carbocycles. The molecule has 0 aromatic carbocycles. The molecule has 0 saturated heterocycles. The lowest BCUT2D eigenvalue weighted by atomic mass is 10.6. The van der Waals surface area contributed by atoms with E-state index >= 15 is 0 Å². The van der Waals surface area contributed by atoms with Gasteiger partial charge < -0.3 is 14.3 Å². The Morgan fingerprint density at radius 3 is 2.17 bits per heavy atom. The zero-order valence-corrected chi connectivity index (χ0v) is 7.19. The van der Waals surface area contributed by atoms with Gasteiger partial charge in [0.1, 0.15) is 6.61 Å². The summed E-state index contributed by atoms with van der Waals surface area (Å²) in [4.78, 5) is 13.9. The van der Waals surface area contributed by atoms with E-state index in [0.717, 1.165) is 0 Å². The summed E-state index contributed by atoms with van der Waals surface area (Å²) in [5.74, 6) is 0.